The maximum Gasteiger partial charge on any atom is 0.213 e. The van der Waals surface area contributed by atoms with Crippen LogP contribution in [0.15, 0.2) is 24.5 Å². The van der Waals surface area contributed by atoms with Gasteiger partial charge in [0.1, 0.15) is 17.9 Å². The SMILES string of the molecule is CN/C=C(\C=N)c1cc2c(nc1C)N[C@@]1(CC2)CCN(C(O)[C@H](C)c2cc(OC)ncc2F)C1. The maximum atomic E-state index is 14.4. The van der Waals surface area contributed by atoms with Crippen LogP contribution in [-0.4, -0.2) is 65.2 Å². The van der Waals surface area contributed by atoms with Crippen molar-refractivity contribution in [2.24, 2.45) is 0 Å². The van der Waals surface area contributed by atoms with Crippen molar-refractivity contribution >= 4 is 17.6 Å². The van der Waals surface area contributed by atoms with Gasteiger partial charge in [-0.2, -0.15) is 0 Å². The Morgan fingerprint density at radius 3 is 2.91 bits per heavy atom. The van der Waals surface area contributed by atoms with Gasteiger partial charge in [-0.3, -0.25) is 4.90 Å². The Hall–Kier alpha value is -3.04. The quantitative estimate of drug-likeness (QED) is 0.463. The molecule has 1 spiro atoms. The molecule has 3 atom stereocenters. The number of nitrogens with zero attached hydrogens (tertiary/aromatic N) is 3. The van der Waals surface area contributed by atoms with Crippen LogP contribution in [0.1, 0.15) is 48.1 Å². The molecule has 2 aromatic rings. The van der Waals surface area contributed by atoms with Gasteiger partial charge in [-0.25, -0.2) is 14.4 Å². The summed E-state index contributed by atoms with van der Waals surface area (Å²) in [6.07, 6.45) is 6.09. The lowest BCUT2D eigenvalue weighted by Gasteiger charge is -2.38. The van der Waals surface area contributed by atoms with E-state index in [4.69, 9.17) is 15.1 Å². The fourth-order valence-electron chi connectivity index (χ4n) is 5.09. The lowest BCUT2D eigenvalue weighted by Crippen LogP contribution is -2.47. The van der Waals surface area contributed by atoms with Crippen LogP contribution in [0.25, 0.3) is 5.57 Å². The van der Waals surface area contributed by atoms with Crippen LogP contribution in [0.2, 0.25) is 0 Å². The molecule has 0 amide bonds. The number of hydrogen-bond donors (Lipinski definition) is 4. The van der Waals surface area contributed by atoms with Crippen molar-refractivity contribution in [1.82, 2.24) is 20.2 Å². The Bertz CT molecular complexity index is 1110. The van der Waals surface area contributed by atoms with Crippen molar-refractivity contribution < 1.29 is 14.2 Å². The number of nitrogens with one attached hydrogen (secondary N) is 3. The van der Waals surface area contributed by atoms with E-state index >= 15 is 0 Å². The van der Waals surface area contributed by atoms with E-state index in [0.29, 0.717) is 24.5 Å². The Labute approximate surface area is 199 Å². The number of likely N-dealkylation sites (tertiary alicyclic amines) is 1. The summed E-state index contributed by atoms with van der Waals surface area (Å²) in [5.41, 5.74) is 3.94. The zero-order chi connectivity index (χ0) is 24.5. The minimum absolute atomic E-state index is 0.186. The predicted octanol–water partition coefficient (Wildman–Crippen LogP) is 3.07. The minimum Gasteiger partial charge on any atom is -0.481 e. The fourth-order valence-corrected chi connectivity index (χ4v) is 5.09. The molecule has 4 N–H and O–H groups in total. The lowest BCUT2D eigenvalue weighted by molar-refractivity contribution is -0.00146. The predicted molar refractivity (Wildman–Crippen MR) is 131 cm³/mol. The second-order valence-corrected chi connectivity index (χ2v) is 9.24. The molecular formula is C25H33FN6O2. The number of rotatable bonds is 7. The summed E-state index contributed by atoms with van der Waals surface area (Å²) in [5, 5.41) is 25.5. The first-order chi connectivity index (χ1) is 16.3. The van der Waals surface area contributed by atoms with Gasteiger partial charge in [-0.1, -0.05) is 6.92 Å². The van der Waals surface area contributed by atoms with Gasteiger partial charge in [0, 0.05) is 66.9 Å². The van der Waals surface area contributed by atoms with Crippen molar-refractivity contribution in [3.05, 3.63) is 52.7 Å². The van der Waals surface area contributed by atoms with E-state index in [9.17, 15) is 9.50 Å². The van der Waals surface area contributed by atoms with Crippen molar-refractivity contribution in [1.29, 1.82) is 5.41 Å². The van der Waals surface area contributed by atoms with Crippen LogP contribution >= 0.6 is 0 Å². The largest absolute Gasteiger partial charge is 0.481 e. The topological polar surface area (TPSA) is 106 Å². The van der Waals surface area contributed by atoms with E-state index in [0.717, 1.165) is 53.7 Å². The second kappa shape index (κ2) is 9.68. The normalized spacial score (nSPS) is 22.1. The number of anilines is 1. The van der Waals surface area contributed by atoms with Gasteiger partial charge < -0.3 is 25.9 Å². The van der Waals surface area contributed by atoms with E-state index in [2.05, 4.69) is 21.7 Å². The van der Waals surface area contributed by atoms with Crippen molar-refractivity contribution in [3.8, 4) is 5.88 Å². The smallest absolute Gasteiger partial charge is 0.213 e. The number of aryl methyl sites for hydroxylation is 2. The van der Waals surface area contributed by atoms with E-state index in [1.165, 1.54) is 13.3 Å². The van der Waals surface area contributed by atoms with Crippen LogP contribution < -0.4 is 15.4 Å². The molecule has 4 heterocycles. The monoisotopic (exact) mass is 468 g/mol. The summed E-state index contributed by atoms with van der Waals surface area (Å²) in [4.78, 5) is 10.7. The second-order valence-electron chi connectivity index (χ2n) is 9.24. The van der Waals surface area contributed by atoms with Gasteiger partial charge in [0.15, 0.2) is 0 Å². The third kappa shape index (κ3) is 4.50. The van der Waals surface area contributed by atoms with Crippen LogP contribution in [0, 0.1) is 18.2 Å². The molecule has 1 unspecified atom stereocenters. The molecule has 2 aliphatic rings. The van der Waals surface area contributed by atoms with Crippen molar-refractivity contribution in [2.45, 2.75) is 50.8 Å². The number of ether oxygens (including phenoxy) is 1. The molecule has 8 nitrogen and oxygen atoms in total. The zero-order valence-corrected chi connectivity index (χ0v) is 20.2. The molecule has 9 heteroatoms. The fraction of sp³-hybridized carbons (Fsp3) is 0.480. The molecule has 0 aliphatic carbocycles. The van der Waals surface area contributed by atoms with Gasteiger partial charge >= 0.3 is 0 Å². The van der Waals surface area contributed by atoms with Crippen LogP contribution in [0.5, 0.6) is 5.88 Å². The molecule has 34 heavy (non-hydrogen) atoms. The Morgan fingerprint density at radius 1 is 1.41 bits per heavy atom. The number of pyridine rings is 2. The van der Waals surface area contributed by atoms with E-state index in [1.807, 2.05) is 25.8 Å². The summed E-state index contributed by atoms with van der Waals surface area (Å²) < 4.78 is 19.6. The Kier molecular flexibility index (Phi) is 6.86. The van der Waals surface area contributed by atoms with E-state index in [-0.39, 0.29) is 5.54 Å². The van der Waals surface area contributed by atoms with Gasteiger partial charge in [-0.05, 0) is 37.8 Å². The average molecular weight is 469 g/mol. The van der Waals surface area contributed by atoms with Crippen molar-refractivity contribution in [2.75, 3.05) is 32.6 Å². The van der Waals surface area contributed by atoms with Crippen LogP contribution in [-0.2, 0) is 6.42 Å². The number of aliphatic hydroxyl groups is 1. The first-order valence-electron chi connectivity index (χ1n) is 11.6. The molecule has 182 valence electrons. The standard InChI is InChI=1S/C25H33FN6O2/c1-15(19-10-22(34-4)29-13-21(19)26)24(33)32-8-7-25(14-32)6-5-17-9-20(18(11-27)12-28-3)16(2)30-23(17)31-25/h9-13,15,24,27-28,33H,5-8,14H2,1-4H3,(H,30,31)/b18-12+,27-11?/t15-,24?,25+/m1/s1. The summed E-state index contributed by atoms with van der Waals surface area (Å²) >= 11 is 0. The summed E-state index contributed by atoms with van der Waals surface area (Å²) in [5.74, 6) is 0.313. The van der Waals surface area contributed by atoms with Gasteiger partial charge in [0.25, 0.3) is 0 Å². The Morgan fingerprint density at radius 2 is 2.21 bits per heavy atom. The first kappa shape index (κ1) is 24.1. The summed E-state index contributed by atoms with van der Waals surface area (Å²) in [6.45, 7) is 5.13. The molecule has 0 radical (unpaired) electrons. The molecule has 1 fully saturated rings. The van der Waals surface area contributed by atoms with Crippen LogP contribution in [0.3, 0.4) is 0 Å². The van der Waals surface area contributed by atoms with E-state index < -0.39 is 18.0 Å². The zero-order valence-electron chi connectivity index (χ0n) is 20.2. The highest BCUT2D eigenvalue weighted by Gasteiger charge is 2.43. The number of allylic oxidation sites excluding steroid dienone is 1. The Balaban J connectivity index is 1.51. The highest BCUT2D eigenvalue weighted by Crippen LogP contribution is 2.39. The molecule has 0 aromatic carbocycles. The maximum absolute atomic E-state index is 14.4. The molecule has 0 saturated carbocycles. The number of aromatic nitrogens is 2. The third-order valence-corrected chi connectivity index (χ3v) is 7.08. The summed E-state index contributed by atoms with van der Waals surface area (Å²) in [6, 6.07) is 3.68. The van der Waals surface area contributed by atoms with Crippen molar-refractivity contribution in [3.63, 3.8) is 0 Å². The highest BCUT2D eigenvalue weighted by atomic mass is 19.1. The number of methoxy groups -OCH3 is 1. The molecule has 1 saturated heterocycles. The molecule has 2 aliphatic heterocycles. The average Bonchev–Trinajstić information content (AvgIpc) is 3.24. The third-order valence-electron chi connectivity index (χ3n) is 7.08. The minimum atomic E-state index is -0.830. The highest BCUT2D eigenvalue weighted by molar-refractivity contribution is 6.08. The lowest BCUT2D eigenvalue weighted by atomic mass is 9.86. The molecular weight excluding hydrogens is 435 g/mol. The number of aliphatic hydroxyl groups excluding tert-OH is 1. The number of halogens is 1. The summed E-state index contributed by atoms with van der Waals surface area (Å²) in [7, 11) is 3.31. The van der Waals surface area contributed by atoms with Crippen LogP contribution in [0.4, 0.5) is 10.2 Å². The molecule has 4 rings (SSSR count). The van der Waals surface area contributed by atoms with Gasteiger partial charge in [-0.15, -0.1) is 0 Å². The number of hydrogen-bond acceptors (Lipinski definition) is 8. The first-order valence-corrected chi connectivity index (χ1v) is 11.6. The van der Waals surface area contributed by atoms with Gasteiger partial charge in [0.2, 0.25) is 5.88 Å². The van der Waals surface area contributed by atoms with E-state index in [1.54, 1.807) is 12.3 Å². The molecule has 2 aromatic heterocycles. The van der Waals surface area contributed by atoms with Gasteiger partial charge in [0.05, 0.1) is 18.8 Å². The molecule has 0 bridgehead atoms. The number of fused-ring (bicyclic) bond motifs is 1.